The number of ether oxygens (including phenoxy) is 2. The summed E-state index contributed by atoms with van der Waals surface area (Å²) in [5, 5.41) is 9.68. The minimum absolute atomic E-state index is 0.0407. The number of nitrogens with two attached hydrogens (primary N) is 1. The van der Waals surface area contributed by atoms with Gasteiger partial charge >= 0.3 is 12.2 Å². The number of nitriles is 1. The van der Waals surface area contributed by atoms with Gasteiger partial charge < -0.3 is 20.1 Å². The van der Waals surface area contributed by atoms with Crippen LogP contribution in [0.5, 0.6) is 11.9 Å². The Labute approximate surface area is 280 Å². The maximum absolute atomic E-state index is 14.9. The monoisotopic (exact) mass is 699 g/mol. The van der Waals surface area contributed by atoms with E-state index in [0.717, 1.165) is 36.0 Å². The standard InChI is InChI=1S/C33H30F5N7O3S/c1-3-24(46)45-10-7-23(16(45)2)48-30-26-22(41-31(43-30)47-15-32-8-4-9-44(32)14-17(34)12-32)11-19(28(42-26)33(36,37)38)18-5-6-21(35)27-25(18)20(13-39)29(40)49-27/h3,5-6,11,16-17,23H,1,4,7-10,12,14-15,40H2,2H3/t16-,17-,23-,32+/m1/s1. The number of nitrogens with zero attached hydrogens (tertiary/aromatic N) is 6. The second-order valence-corrected chi connectivity index (χ2v) is 13.7. The number of pyridine rings is 1. The van der Waals surface area contributed by atoms with Crippen molar-refractivity contribution in [2.45, 2.75) is 62.6 Å². The molecule has 0 bridgehead atoms. The highest BCUT2D eigenvalue weighted by molar-refractivity contribution is 7.23. The highest BCUT2D eigenvalue weighted by atomic mass is 32.1. The van der Waals surface area contributed by atoms with Crippen molar-refractivity contribution >= 4 is 43.4 Å². The van der Waals surface area contributed by atoms with Gasteiger partial charge in [-0.3, -0.25) is 9.69 Å². The Hall–Kier alpha value is -4.62. The average Bonchev–Trinajstić information content (AvgIpc) is 3.80. The van der Waals surface area contributed by atoms with Gasteiger partial charge in [-0.15, -0.1) is 11.3 Å². The molecule has 3 saturated heterocycles. The van der Waals surface area contributed by atoms with Crippen molar-refractivity contribution in [1.29, 1.82) is 5.26 Å². The van der Waals surface area contributed by atoms with E-state index in [1.54, 1.807) is 6.92 Å². The first-order chi connectivity index (χ1) is 23.3. The quantitative estimate of drug-likeness (QED) is 0.182. The van der Waals surface area contributed by atoms with Gasteiger partial charge in [0.05, 0.1) is 21.8 Å². The molecule has 0 radical (unpaired) electrons. The fraction of sp³-hybridized carbons (Fsp3) is 0.424. The van der Waals surface area contributed by atoms with Gasteiger partial charge in [0.2, 0.25) is 11.8 Å². The summed E-state index contributed by atoms with van der Waals surface area (Å²) < 4.78 is 86.0. The molecule has 3 fully saturated rings. The van der Waals surface area contributed by atoms with Crippen molar-refractivity contribution in [3.8, 4) is 29.1 Å². The zero-order valence-corrected chi connectivity index (χ0v) is 27.0. The van der Waals surface area contributed by atoms with E-state index in [0.29, 0.717) is 25.9 Å². The van der Waals surface area contributed by atoms with Crippen LogP contribution in [-0.4, -0.2) is 80.8 Å². The molecule has 10 nitrogen and oxygen atoms in total. The van der Waals surface area contributed by atoms with Crippen LogP contribution in [0.3, 0.4) is 0 Å². The molecule has 49 heavy (non-hydrogen) atoms. The molecule has 3 aliphatic rings. The number of amides is 1. The number of nitrogen functional groups attached to an aromatic ring is 1. The SMILES string of the molecule is C=CC(=O)N1CC[C@@H](Oc2nc(OC[C@@]34CCCN3C[C@H](F)C4)nc3cc(-c4ccc(F)c5sc(N)c(C#N)c45)c(C(F)(F)F)nc23)[C@H]1C. The van der Waals surface area contributed by atoms with Crippen molar-refractivity contribution < 1.29 is 36.2 Å². The number of likely N-dealkylation sites (tertiary alicyclic amines) is 1. The van der Waals surface area contributed by atoms with Crippen LogP contribution in [0.4, 0.5) is 27.0 Å². The first-order valence-corrected chi connectivity index (χ1v) is 16.5. The van der Waals surface area contributed by atoms with Crippen molar-refractivity contribution in [2.75, 3.05) is 32.0 Å². The highest BCUT2D eigenvalue weighted by Gasteiger charge is 2.49. The van der Waals surface area contributed by atoms with Gasteiger partial charge in [0.15, 0.2) is 11.2 Å². The smallest absolute Gasteiger partial charge is 0.433 e. The lowest BCUT2D eigenvalue weighted by atomic mass is 9.95. The Kier molecular flexibility index (Phi) is 8.10. The molecule has 4 atom stereocenters. The third-order valence-electron chi connectivity index (χ3n) is 9.74. The third kappa shape index (κ3) is 5.58. The largest absolute Gasteiger partial charge is 0.470 e. The van der Waals surface area contributed by atoms with Gasteiger partial charge in [-0.1, -0.05) is 12.6 Å². The molecular weight excluding hydrogens is 669 g/mol. The van der Waals surface area contributed by atoms with E-state index in [-0.39, 0.29) is 74.6 Å². The average molecular weight is 700 g/mol. The van der Waals surface area contributed by atoms with Crippen molar-refractivity contribution in [3.05, 3.63) is 47.9 Å². The zero-order valence-electron chi connectivity index (χ0n) is 26.2. The summed E-state index contributed by atoms with van der Waals surface area (Å²) in [6.07, 6.45) is -3.35. The lowest BCUT2D eigenvalue weighted by molar-refractivity contribution is -0.140. The minimum atomic E-state index is -5.02. The molecule has 0 spiro atoms. The number of rotatable bonds is 7. The third-order valence-corrected chi connectivity index (χ3v) is 10.8. The van der Waals surface area contributed by atoms with Crippen LogP contribution >= 0.6 is 11.3 Å². The molecule has 3 aromatic heterocycles. The van der Waals surface area contributed by atoms with Crippen LogP contribution in [0.2, 0.25) is 0 Å². The minimum Gasteiger partial charge on any atom is -0.470 e. The molecule has 0 unspecified atom stereocenters. The molecule has 1 aromatic carbocycles. The van der Waals surface area contributed by atoms with Gasteiger partial charge in [-0.05, 0) is 50.1 Å². The zero-order chi connectivity index (χ0) is 34.8. The Bertz CT molecular complexity index is 2050. The molecule has 0 aliphatic carbocycles. The van der Waals surface area contributed by atoms with Gasteiger partial charge in [0.25, 0.3) is 0 Å². The Morgan fingerprint density at radius 1 is 1.27 bits per heavy atom. The van der Waals surface area contributed by atoms with Gasteiger partial charge in [0, 0.05) is 36.9 Å². The van der Waals surface area contributed by atoms with Crippen LogP contribution in [0.1, 0.15) is 43.9 Å². The Balaban J connectivity index is 1.39. The number of hydrogen-bond acceptors (Lipinski definition) is 10. The number of carbonyl (C=O) groups excluding carboxylic acids is 1. The number of alkyl halides is 4. The van der Waals surface area contributed by atoms with Crippen LogP contribution in [-0.2, 0) is 11.0 Å². The van der Waals surface area contributed by atoms with Crippen LogP contribution in [0.15, 0.2) is 30.9 Å². The molecule has 7 rings (SSSR count). The Morgan fingerprint density at radius 2 is 2.06 bits per heavy atom. The first kappa shape index (κ1) is 32.9. The van der Waals surface area contributed by atoms with E-state index in [9.17, 15) is 32.0 Å². The number of aromatic nitrogens is 3. The fourth-order valence-corrected chi connectivity index (χ4v) is 8.34. The second kappa shape index (κ2) is 12.1. The number of thiophene rings is 1. The number of benzene rings is 1. The molecule has 0 saturated carbocycles. The second-order valence-electron chi connectivity index (χ2n) is 12.6. The van der Waals surface area contributed by atoms with Crippen molar-refractivity contribution in [1.82, 2.24) is 24.8 Å². The van der Waals surface area contributed by atoms with Crippen molar-refractivity contribution in [2.24, 2.45) is 0 Å². The summed E-state index contributed by atoms with van der Waals surface area (Å²) in [7, 11) is 0. The number of fused-ring (bicyclic) bond motifs is 3. The molecule has 16 heteroatoms. The summed E-state index contributed by atoms with van der Waals surface area (Å²) in [4.78, 5) is 28.8. The molecule has 3 aliphatic heterocycles. The summed E-state index contributed by atoms with van der Waals surface area (Å²) in [6.45, 7) is 6.63. The topological polar surface area (TPSA) is 130 Å². The van der Waals surface area contributed by atoms with Crippen LogP contribution in [0, 0.1) is 17.1 Å². The fourth-order valence-electron chi connectivity index (χ4n) is 7.39. The number of anilines is 1. The van der Waals surface area contributed by atoms with Crippen LogP contribution < -0.4 is 15.2 Å². The maximum atomic E-state index is 14.9. The summed E-state index contributed by atoms with van der Waals surface area (Å²) in [5.41, 5.74) is 2.92. The first-order valence-electron chi connectivity index (χ1n) is 15.7. The summed E-state index contributed by atoms with van der Waals surface area (Å²) >= 11 is 0.756. The van der Waals surface area contributed by atoms with Gasteiger partial charge in [-0.2, -0.15) is 28.4 Å². The van der Waals surface area contributed by atoms with E-state index in [1.807, 2.05) is 11.0 Å². The molecule has 256 valence electrons. The van der Waals surface area contributed by atoms with Gasteiger partial charge in [0.1, 0.15) is 41.3 Å². The molecular formula is C33H30F5N7O3S. The van der Waals surface area contributed by atoms with E-state index >= 15 is 0 Å². The molecule has 2 N–H and O–H groups in total. The predicted molar refractivity (Wildman–Crippen MR) is 171 cm³/mol. The predicted octanol–water partition coefficient (Wildman–Crippen LogP) is 6.03. The van der Waals surface area contributed by atoms with E-state index < -0.39 is 47.1 Å². The maximum Gasteiger partial charge on any atom is 0.433 e. The summed E-state index contributed by atoms with van der Waals surface area (Å²) in [5.74, 6) is -1.36. The summed E-state index contributed by atoms with van der Waals surface area (Å²) in [6, 6.07) is 4.47. The lowest BCUT2D eigenvalue weighted by Crippen LogP contribution is -2.43. The molecule has 1 amide bonds. The number of carbonyl (C=O) groups is 1. The molecule has 4 aromatic rings. The van der Waals surface area contributed by atoms with E-state index in [1.165, 1.54) is 11.0 Å². The van der Waals surface area contributed by atoms with E-state index in [2.05, 4.69) is 21.5 Å². The Morgan fingerprint density at radius 3 is 2.80 bits per heavy atom. The highest BCUT2D eigenvalue weighted by Crippen LogP contribution is 2.46. The number of hydrogen-bond donors (Lipinski definition) is 1. The van der Waals surface area contributed by atoms with Crippen molar-refractivity contribution in [3.63, 3.8) is 0 Å². The van der Waals surface area contributed by atoms with Crippen LogP contribution in [0.25, 0.3) is 32.2 Å². The number of halogens is 5. The van der Waals surface area contributed by atoms with Gasteiger partial charge in [-0.25, -0.2) is 13.8 Å². The normalized spacial score (nSPS) is 24.0. The molecule has 6 heterocycles. The lowest BCUT2D eigenvalue weighted by Gasteiger charge is -2.30. The van der Waals surface area contributed by atoms with E-state index in [4.69, 9.17) is 15.2 Å².